The van der Waals surface area contributed by atoms with E-state index in [9.17, 15) is 4.79 Å². The van der Waals surface area contributed by atoms with Gasteiger partial charge in [0.1, 0.15) is 5.75 Å². The van der Waals surface area contributed by atoms with Crippen molar-refractivity contribution in [2.24, 2.45) is 0 Å². The molecule has 4 heteroatoms. The molecule has 1 saturated heterocycles. The monoisotopic (exact) mass is 281 g/mol. The number of nitrogens with zero attached hydrogens (tertiary/aromatic N) is 1. The Kier molecular flexibility index (Phi) is 5.08. The molecule has 1 atom stereocenters. The van der Waals surface area contributed by atoms with Crippen LogP contribution >= 0.6 is 11.6 Å². The Bertz CT molecular complexity index is 436. The van der Waals surface area contributed by atoms with Crippen LogP contribution in [0, 0.1) is 6.92 Å². The largest absolute Gasteiger partial charge is 0.493 e. The SMILES string of the molecule is Cc1cccc(OCCC(=O)N2CCCC2CCl)c1. The molecule has 0 aromatic heterocycles. The minimum Gasteiger partial charge on any atom is -0.493 e. The molecule has 104 valence electrons. The Labute approximate surface area is 119 Å². The first kappa shape index (κ1) is 14.2. The molecule has 1 aliphatic heterocycles. The minimum absolute atomic E-state index is 0.149. The summed E-state index contributed by atoms with van der Waals surface area (Å²) in [7, 11) is 0. The first-order valence-corrected chi connectivity index (χ1v) is 7.29. The number of likely N-dealkylation sites (tertiary alicyclic amines) is 1. The van der Waals surface area contributed by atoms with Crippen molar-refractivity contribution in [3.05, 3.63) is 29.8 Å². The Balaban J connectivity index is 1.78. The maximum Gasteiger partial charge on any atom is 0.226 e. The second kappa shape index (κ2) is 6.80. The van der Waals surface area contributed by atoms with Crippen LogP contribution in [-0.4, -0.2) is 35.9 Å². The second-order valence-electron chi connectivity index (χ2n) is 4.95. The van der Waals surface area contributed by atoms with Gasteiger partial charge in [-0.15, -0.1) is 11.6 Å². The van der Waals surface area contributed by atoms with E-state index >= 15 is 0 Å². The van der Waals surface area contributed by atoms with Crippen LogP contribution in [0.15, 0.2) is 24.3 Å². The summed E-state index contributed by atoms with van der Waals surface area (Å²) >= 11 is 5.87. The molecule has 0 saturated carbocycles. The predicted octanol–water partition coefficient (Wildman–Crippen LogP) is 2.99. The van der Waals surface area contributed by atoms with Crippen LogP contribution in [-0.2, 0) is 4.79 Å². The molecule has 1 unspecified atom stereocenters. The molecule has 0 radical (unpaired) electrons. The van der Waals surface area contributed by atoms with Crippen LogP contribution in [0.5, 0.6) is 5.75 Å². The summed E-state index contributed by atoms with van der Waals surface area (Å²) in [5.41, 5.74) is 1.16. The van der Waals surface area contributed by atoms with Gasteiger partial charge in [0.05, 0.1) is 13.0 Å². The van der Waals surface area contributed by atoms with Gasteiger partial charge in [0.25, 0.3) is 0 Å². The molecule has 0 N–H and O–H groups in total. The van der Waals surface area contributed by atoms with Crippen molar-refractivity contribution in [2.75, 3.05) is 19.0 Å². The normalized spacial score (nSPS) is 18.6. The smallest absolute Gasteiger partial charge is 0.226 e. The summed E-state index contributed by atoms with van der Waals surface area (Å²) in [6, 6.07) is 8.08. The molecule has 1 aromatic carbocycles. The van der Waals surface area contributed by atoms with Crippen molar-refractivity contribution in [2.45, 2.75) is 32.2 Å². The summed E-state index contributed by atoms with van der Waals surface area (Å²) in [5, 5.41) is 0. The van der Waals surface area contributed by atoms with Gasteiger partial charge in [0, 0.05) is 18.5 Å². The van der Waals surface area contributed by atoms with Crippen molar-refractivity contribution in [3.8, 4) is 5.75 Å². The molecule has 0 spiro atoms. The number of hydrogen-bond acceptors (Lipinski definition) is 2. The third-order valence-electron chi connectivity index (χ3n) is 3.45. The van der Waals surface area contributed by atoms with E-state index < -0.39 is 0 Å². The third-order valence-corrected chi connectivity index (χ3v) is 3.81. The van der Waals surface area contributed by atoms with Gasteiger partial charge in [-0.05, 0) is 37.5 Å². The standard InChI is InChI=1S/C15H20ClNO2/c1-12-4-2-6-14(10-12)19-9-7-15(18)17-8-3-5-13(17)11-16/h2,4,6,10,13H,3,5,7-9,11H2,1H3. The number of ether oxygens (including phenoxy) is 1. The average Bonchev–Trinajstić information content (AvgIpc) is 2.87. The topological polar surface area (TPSA) is 29.5 Å². The zero-order chi connectivity index (χ0) is 13.7. The number of aryl methyl sites for hydroxylation is 1. The molecular weight excluding hydrogens is 262 g/mol. The quantitative estimate of drug-likeness (QED) is 0.777. The Hall–Kier alpha value is -1.22. The fraction of sp³-hybridized carbons (Fsp3) is 0.533. The zero-order valence-electron chi connectivity index (χ0n) is 11.3. The molecular formula is C15H20ClNO2. The fourth-order valence-electron chi connectivity index (χ4n) is 2.43. The summed E-state index contributed by atoms with van der Waals surface area (Å²) < 4.78 is 5.61. The summed E-state index contributed by atoms with van der Waals surface area (Å²) in [6.45, 7) is 3.28. The molecule has 1 amide bonds. The number of hydrogen-bond donors (Lipinski definition) is 0. The molecule has 0 aliphatic carbocycles. The first-order chi connectivity index (χ1) is 9.20. The third kappa shape index (κ3) is 3.87. The van der Waals surface area contributed by atoms with Crippen LogP contribution < -0.4 is 4.74 Å². The van der Waals surface area contributed by atoms with E-state index in [4.69, 9.17) is 16.3 Å². The van der Waals surface area contributed by atoms with Gasteiger partial charge in [-0.25, -0.2) is 0 Å². The number of alkyl halides is 1. The summed E-state index contributed by atoms with van der Waals surface area (Å²) in [6.07, 6.45) is 2.50. The van der Waals surface area contributed by atoms with E-state index in [1.807, 2.05) is 36.1 Å². The second-order valence-corrected chi connectivity index (χ2v) is 5.26. The Morgan fingerprint density at radius 3 is 3.11 bits per heavy atom. The van der Waals surface area contributed by atoms with Crippen LogP contribution in [0.2, 0.25) is 0 Å². The van der Waals surface area contributed by atoms with E-state index in [-0.39, 0.29) is 11.9 Å². The van der Waals surface area contributed by atoms with E-state index in [2.05, 4.69) is 0 Å². The average molecular weight is 282 g/mol. The van der Waals surface area contributed by atoms with Crippen LogP contribution in [0.1, 0.15) is 24.8 Å². The summed E-state index contributed by atoms with van der Waals surface area (Å²) in [4.78, 5) is 14.0. The molecule has 1 fully saturated rings. The molecule has 19 heavy (non-hydrogen) atoms. The Morgan fingerprint density at radius 1 is 1.53 bits per heavy atom. The van der Waals surface area contributed by atoms with Gasteiger partial charge >= 0.3 is 0 Å². The predicted molar refractivity (Wildman–Crippen MR) is 76.7 cm³/mol. The highest BCUT2D eigenvalue weighted by molar-refractivity contribution is 6.18. The number of carbonyl (C=O) groups excluding carboxylic acids is 1. The number of amides is 1. The summed E-state index contributed by atoms with van der Waals surface area (Å²) in [5.74, 6) is 1.50. The number of halogens is 1. The van der Waals surface area contributed by atoms with Gasteiger partial charge in [-0.1, -0.05) is 12.1 Å². The van der Waals surface area contributed by atoms with Gasteiger partial charge in [-0.2, -0.15) is 0 Å². The molecule has 1 heterocycles. The van der Waals surface area contributed by atoms with E-state index in [1.54, 1.807) is 0 Å². The lowest BCUT2D eigenvalue weighted by Crippen LogP contribution is -2.37. The fourth-order valence-corrected chi connectivity index (χ4v) is 2.75. The molecule has 2 rings (SSSR count). The van der Waals surface area contributed by atoms with E-state index in [1.165, 1.54) is 0 Å². The molecule has 1 aromatic rings. The van der Waals surface area contributed by atoms with Gasteiger partial charge in [-0.3, -0.25) is 4.79 Å². The molecule has 3 nitrogen and oxygen atoms in total. The number of carbonyl (C=O) groups is 1. The lowest BCUT2D eigenvalue weighted by molar-refractivity contribution is -0.132. The van der Waals surface area contributed by atoms with Gasteiger partial charge in [0.15, 0.2) is 0 Å². The minimum atomic E-state index is 0.149. The zero-order valence-corrected chi connectivity index (χ0v) is 12.0. The van der Waals surface area contributed by atoms with Crippen LogP contribution in [0.25, 0.3) is 0 Å². The lowest BCUT2D eigenvalue weighted by Gasteiger charge is -2.22. The molecule has 0 bridgehead atoms. The Morgan fingerprint density at radius 2 is 2.37 bits per heavy atom. The van der Waals surface area contributed by atoms with Crippen molar-refractivity contribution < 1.29 is 9.53 Å². The number of rotatable bonds is 5. The highest BCUT2D eigenvalue weighted by Crippen LogP contribution is 2.19. The van der Waals surface area contributed by atoms with Crippen LogP contribution in [0.3, 0.4) is 0 Å². The maximum atomic E-state index is 12.1. The molecule has 1 aliphatic rings. The van der Waals surface area contributed by atoms with Gasteiger partial charge < -0.3 is 9.64 Å². The van der Waals surface area contributed by atoms with E-state index in [0.717, 1.165) is 30.7 Å². The van der Waals surface area contributed by atoms with Crippen molar-refractivity contribution >= 4 is 17.5 Å². The van der Waals surface area contributed by atoms with Crippen LogP contribution in [0.4, 0.5) is 0 Å². The van der Waals surface area contributed by atoms with Crippen molar-refractivity contribution in [1.29, 1.82) is 0 Å². The van der Waals surface area contributed by atoms with E-state index in [0.29, 0.717) is 18.9 Å². The highest BCUT2D eigenvalue weighted by Gasteiger charge is 2.27. The number of benzene rings is 1. The van der Waals surface area contributed by atoms with Crippen molar-refractivity contribution in [3.63, 3.8) is 0 Å². The highest BCUT2D eigenvalue weighted by atomic mass is 35.5. The van der Waals surface area contributed by atoms with Gasteiger partial charge in [0.2, 0.25) is 5.91 Å². The lowest BCUT2D eigenvalue weighted by atomic mass is 10.2. The maximum absolute atomic E-state index is 12.1. The van der Waals surface area contributed by atoms with Crippen molar-refractivity contribution in [1.82, 2.24) is 4.90 Å². The first-order valence-electron chi connectivity index (χ1n) is 6.75.